The van der Waals surface area contributed by atoms with E-state index in [4.69, 9.17) is 18.9 Å². The van der Waals surface area contributed by atoms with Gasteiger partial charge in [0, 0.05) is 11.2 Å². The highest BCUT2D eigenvalue weighted by atomic mass is 16.5. The van der Waals surface area contributed by atoms with E-state index in [1.165, 1.54) is 30.9 Å². The molecule has 0 aliphatic heterocycles. The Kier molecular flexibility index (Phi) is 9.72. The summed E-state index contributed by atoms with van der Waals surface area (Å²) in [7, 11) is 4.42. The molecule has 232 valence electrons. The van der Waals surface area contributed by atoms with E-state index in [0.717, 1.165) is 0 Å². The zero-order chi connectivity index (χ0) is 32.0. The van der Waals surface area contributed by atoms with Crippen molar-refractivity contribution < 1.29 is 33.3 Å². The molecular formula is C32H37N5O7. The van der Waals surface area contributed by atoms with Gasteiger partial charge in [0.05, 0.1) is 39.0 Å². The Labute approximate surface area is 255 Å². The van der Waals surface area contributed by atoms with E-state index in [1.54, 1.807) is 49.4 Å². The number of fused-ring (bicyclic) bond motifs is 1. The molecule has 0 radical (unpaired) electrons. The number of para-hydroxylation sites is 1. The summed E-state index contributed by atoms with van der Waals surface area (Å²) in [5.74, 6) is -0.479. The largest absolute Gasteiger partial charge is 0.493 e. The van der Waals surface area contributed by atoms with E-state index in [9.17, 15) is 14.4 Å². The first-order valence-corrected chi connectivity index (χ1v) is 14.0. The summed E-state index contributed by atoms with van der Waals surface area (Å²) in [6.45, 7) is 7.24. The third-order valence-corrected chi connectivity index (χ3v) is 6.64. The summed E-state index contributed by atoms with van der Waals surface area (Å²) in [5, 5.41) is 11.4. The van der Waals surface area contributed by atoms with Gasteiger partial charge in [-0.1, -0.05) is 17.3 Å². The smallest absolute Gasteiger partial charge is 0.338 e. The highest BCUT2D eigenvalue weighted by Gasteiger charge is 2.36. The second-order valence-corrected chi connectivity index (χ2v) is 10.9. The first kappa shape index (κ1) is 31.8. The number of esters is 1. The number of nitrogens with one attached hydrogen (secondary N) is 1. The lowest BCUT2D eigenvalue weighted by atomic mass is 9.99. The van der Waals surface area contributed by atoms with Gasteiger partial charge >= 0.3 is 5.97 Å². The van der Waals surface area contributed by atoms with E-state index < -0.39 is 29.4 Å². The molecule has 0 unspecified atom stereocenters. The Morgan fingerprint density at radius 1 is 0.932 bits per heavy atom. The van der Waals surface area contributed by atoms with E-state index >= 15 is 0 Å². The van der Waals surface area contributed by atoms with Crippen molar-refractivity contribution in [3.8, 4) is 17.2 Å². The molecule has 0 fully saturated rings. The molecule has 0 spiro atoms. The number of methoxy groups -OCH3 is 3. The van der Waals surface area contributed by atoms with Crippen LogP contribution in [-0.4, -0.2) is 66.3 Å². The van der Waals surface area contributed by atoms with Crippen molar-refractivity contribution in [2.75, 3.05) is 32.8 Å². The maximum Gasteiger partial charge on any atom is 0.338 e. The molecule has 1 aromatic heterocycles. The van der Waals surface area contributed by atoms with Crippen molar-refractivity contribution in [1.29, 1.82) is 0 Å². The second kappa shape index (κ2) is 13.4. The molecule has 4 aromatic rings. The van der Waals surface area contributed by atoms with Crippen LogP contribution in [0.3, 0.4) is 0 Å². The van der Waals surface area contributed by atoms with Gasteiger partial charge < -0.3 is 24.3 Å². The van der Waals surface area contributed by atoms with Gasteiger partial charge in [0.25, 0.3) is 0 Å². The highest BCUT2D eigenvalue weighted by Crippen LogP contribution is 2.42. The lowest BCUT2D eigenvalue weighted by Crippen LogP contribution is -2.50. The normalized spacial score (nSPS) is 11.9. The standard InChI is InChI=1S/C32H37N5O7/c1-8-44-31(40)20-13-15-22(16-14-20)37(27(38)19-36-24-12-10-9-11-23(24)34-35-36)28(30(39)33-32(2,3)4)21-17-25(41-5)29(43-7)26(18-21)42-6/h9-18,28H,8,19H2,1-7H3,(H,33,39)/t28-/m0/s1. The SMILES string of the molecule is CCOC(=O)c1ccc(N(C(=O)Cn2nnc3ccccc32)[C@H](C(=O)NC(C)(C)C)c2cc(OC)c(OC)c(OC)c2)cc1. The monoisotopic (exact) mass is 603 g/mol. The van der Waals surface area contributed by atoms with Gasteiger partial charge in [0.15, 0.2) is 11.5 Å². The van der Waals surface area contributed by atoms with Crippen LogP contribution in [0.4, 0.5) is 5.69 Å². The number of nitrogens with zero attached hydrogens (tertiary/aromatic N) is 4. The van der Waals surface area contributed by atoms with Crippen LogP contribution in [0.25, 0.3) is 11.0 Å². The van der Waals surface area contributed by atoms with Crippen LogP contribution in [0.1, 0.15) is 49.7 Å². The van der Waals surface area contributed by atoms with Gasteiger partial charge in [-0.2, -0.15) is 0 Å². The van der Waals surface area contributed by atoms with Crippen molar-refractivity contribution in [1.82, 2.24) is 20.3 Å². The van der Waals surface area contributed by atoms with E-state index in [1.807, 2.05) is 39.0 Å². The molecule has 12 heteroatoms. The van der Waals surface area contributed by atoms with Crippen LogP contribution >= 0.6 is 0 Å². The molecule has 1 N–H and O–H groups in total. The maximum absolute atomic E-state index is 14.4. The predicted octanol–water partition coefficient (Wildman–Crippen LogP) is 4.32. The molecule has 1 atom stereocenters. The number of benzene rings is 3. The van der Waals surface area contributed by atoms with Gasteiger partial charge in [0.1, 0.15) is 18.1 Å². The number of hydrogen-bond acceptors (Lipinski definition) is 9. The Morgan fingerprint density at radius 2 is 1.57 bits per heavy atom. The summed E-state index contributed by atoms with van der Waals surface area (Å²) in [4.78, 5) is 42.3. The molecule has 4 rings (SSSR count). The van der Waals surface area contributed by atoms with Crippen LogP contribution in [-0.2, 0) is 20.9 Å². The average molecular weight is 604 g/mol. The van der Waals surface area contributed by atoms with Crippen molar-refractivity contribution in [2.24, 2.45) is 0 Å². The third-order valence-electron chi connectivity index (χ3n) is 6.64. The zero-order valence-electron chi connectivity index (χ0n) is 25.9. The molecule has 1 heterocycles. The molecule has 2 amide bonds. The number of carbonyl (C=O) groups excluding carboxylic acids is 3. The van der Waals surface area contributed by atoms with Gasteiger partial charge in [-0.25, -0.2) is 9.48 Å². The first-order chi connectivity index (χ1) is 21.0. The van der Waals surface area contributed by atoms with Gasteiger partial charge in [-0.3, -0.25) is 14.5 Å². The molecule has 0 bridgehead atoms. The molecule has 3 aromatic carbocycles. The minimum atomic E-state index is -1.21. The highest BCUT2D eigenvalue weighted by molar-refractivity contribution is 6.02. The zero-order valence-corrected chi connectivity index (χ0v) is 25.9. The lowest BCUT2D eigenvalue weighted by Gasteiger charge is -2.34. The quantitative estimate of drug-likeness (QED) is 0.249. The van der Waals surface area contributed by atoms with Crippen molar-refractivity contribution in [3.63, 3.8) is 0 Å². The van der Waals surface area contributed by atoms with E-state index in [-0.39, 0.29) is 13.2 Å². The Balaban J connectivity index is 1.91. The van der Waals surface area contributed by atoms with Crippen molar-refractivity contribution in [2.45, 2.75) is 45.8 Å². The molecule has 12 nitrogen and oxygen atoms in total. The summed E-state index contributed by atoms with van der Waals surface area (Å²) in [6.07, 6.45) is 0. The van der Waals surface area contributed by atoms with Gasteiger partial charge in [-0.05, 0) is 81.8 Å². The van der Waals surface area contributed by atoms with Crippen LogP contribution in [0, 0.1) is 0 Å². The summed E-state index contributed by atoms with van der Waals surface area (Å²) in [5.41, 5.74) is 1.69. The Hall–Kier alpha value is -5.13. The summed E-state index contributed by atoms with van der Waals surface area (Å²) < 4.78 is 23.3. The first-order valence-electron chi connectivity index (χ1n) is 14.0. The maximum atomic E-state index is 14.4. The fourth-order valence-corrected chi connectivity index (χ4v) is 4.76. The number of amides is 2. The van der Waals surface area contributed by atoms with Gasteiger partial charge in [-0.15, -0.1) is 5.10 Å². The second-order valence-electron chi connectivity index (χ2n) is 10.9. The number of hydrogen-bond donors (Lipinski definition) is 1. The van der Waals surface area contributed by atoms with Crippen molar-refractivity contribution >= 4 is 34.5 Å². The molecule has 0 aliphatic rings. The van der Waals surface area contributed by atoms with Crippen LogP contribution in [0.15, 0.2) is 60.7 Å². The van der Waals surface area contributed by atoms with E-state index in [0.29, 0.717) is 45.1 Å². The lowest BCUT2D eigenvalue weighted by molar-refractivity contribution is -0.128. The summed E-state index contributed by atoms with van der Waals surface area (Å²) >= 11 is 0. The number of anilines is 1. The fourth-order valence-electron chi connectivity index (χ4n) is 4.76. The molecule has 0 aliphatic carbocycles. The number of rotatable bonds is 11. The summed E-state index contributed by atoms with van der Waals surface area (Å²) in [6, 6.07) is 15.6. The topological polar surface area (TPSA) is 134 Å². The Bertz CT molecular complexity index is 1620. The fraction of sp³-hybridized carbons (Fsp3) is 0.344. The Morgan fingerprint density at radius 3 is 2.14 bits per heavy atom. The van der Waals surface area contributed by atoms with Crippen LogP contribution < -0.4 is 24.4 Å². The third kappa shape index (κ3) is 6.91. The average Bonchev–Trinajstić information content (AvgIpc) is 3.40. The predicted molar refractivity (Wildman–Crippen MR) is 164 cm³/mol. The molecule has 44 heavy (non-hydrogen) atoms. The molecular weight excluding hydrogens is 566 g/mol. The van der Waals surface area contributed by atoms with Crippen LogP contribution in [0.5, 0.6) is 17.2 Å². The number of aromatic nitrogens is 3. The molecule has 0 saturated carbocycles. The minimum Gasteiger partial charge on any atom is -0.493 e. The molecule has 0 saturated heterocycles. The number of ether oxygens (including phenoxy) is 4. The van der Waals surface area contributed by atoms with Crippen LogP contribution in [0.2, 0.25) is 0 Å². The van der Waals surface area contributed by atoms with Gasteiger partial charge in [0.2, 0.25) is 17.6 Å². The minimum absolute atomic E-state index is 0.216. The number of carbonyl (C=O) groups is 3. The van der Waals surface area contributed by atoms with Crippen molar-refractivity contribution in [3.05, 3.63) is 71.8 Å². The van der Waals surface area contributed by atoms with E-state index in [2.05, 4.69) is 15.6 Å².